The number of nitrogens with zero attached hydrogens (tertiary/aromatic N) is 4. The van der Waals surface area contributed by atoms with E-state index in [1.165, 1.54) is 50.1 Å². The summed E-state index contributed by atoms with van der Waals surface area (Å²) in [6.45, 7) is 34.3. The molecule has 1 aliphatic rings. The van der Waals surface area contributed by atoms with Crippen LogP contribution in [0.1, 0.15) is 153 Å². The van der Waals surface area contributed by atoms with Crippen LogP contribution in [-0.4, -0.2) is 9.55 Å². The molecule has 80 heavy (non-hydrogen) atoms. The third-order valence-electron chi connectivity index (χ3n) is 16.6. The Morgan fingerprint density at radius 1 is 0.475 bits per heavy atom. The first-order valence-corrected chi connectivity index (χ1v) is 28.2. The number of rotatable bonds is 12. The van der Waals surface area contributed by atoms with Crippen molar-refractivity contribution < 1.29 is 25.8 Å². The first kappa shape index (κ1) is 56.1. The molecule has 1 aliphatic heterocycles. The van der Waals surface area contributed by atoms with Gasteiger partial charge in [-0.05, 0) is 121 Å². The van der Waals surface area contributed by atoms with E-state index in [9.17, 15) is 0 Å². The molecule has 0 aliphatic carbocycles. The van der Waals surface area contributed by atoms with Crippen molar-refractivity contribution in [2.24, 2.45) is 0 Å². The van der Waals surface area contributed by atoms with Gasteiger partial charge in [0.25, 0.3) is 0 Å². The van der Waals surface area contributed by atoms with Crippen LogP contribution in [0.4, 0.5) is 22.7 Å². The minimum Gasteiger partial charge on any atom is -0.509 e. The number of aromatic nitrogens is 2. The zero-order valence-electron chi connectivity index (χ0n) is 49.1. The third kappa shape index (κ3) is 10.4. The molecule has 2 aromatic heterocycles. The molecule has 0 atom stereocenters. The fourth-order valence-electron chi connectivity index (χ4n) is 11.6. The number of anilines is 4. The standard InChI is InChI=1S/C74H75N4O.Pt/c1-48(2)61-29-22-30-62(49(3)4)70(61)50-39-58(77-47-76(57-28-21-27-53(41-57)71(5,6)7)68-42-54(72(8,9)10)32-36-65(68)77)45-60(40-50)79-59-33-35-64-63-34-31-55(73(11,12)51-23-17-15-18-24-51)43-66(63)78(67(64)46-59)69-44-56(37-38-75-69)74(13,14)52-25-19-16-20-26-52;/h15-44,47-49H,1-14H3;/q-3;. The van der Waals surface area contributed by atoms with Crippen LogP contribution in [0.3, 0.4) is 0 Å². The van der Waals surface area contributed by atoms with Crippen LogP contribution in [-0.2, 0) is 42.7 Å². The van der Waals surface area contributed by atoms with E-state index in [1.807, 2.05) is 6.20 Å². The Bertz CT molecular complexity index is 3860. The summed E-state index contributed by atoms with van der Waals surface area (Å²) in [7, 11) is 0. The normalized spacial score (nSPS) is 13.2. The van der Waals surface area contributed by atoms with Gasteiger partial charge < -0.3 is 19.1 Å². The molecule has 0 N–H and O–H groups in total. The van der Waals surface area contributed by atoms with Crippen LogP contribution in [0.15, 0.2) is 182 Å². The van der Waals surface area contributed by atoms with Gasteiger partial charge >= 0.3 is 0 Å². The number of pyridine rings is 1. The van der Waals surface area contributed by atoms with E-state index in [0.717, 1.165) is 55.9 Å². The van der Waals surface area contributed by atoms with Gasteiger partial charge in [0, 0.05) is 72.2 Å². The van der Waals surface area contributed by atoms with Crippen LogP contribution in [0.25, 0.3) is 38.8 Å². The average molecular weight is 1230 g/mol. The predicted molar refractivity (Wildman–Crippen MR) is 332 cm³/mol. The molecular formula is C74H75N4OPt-3. The second-order valence-corrected chi connectivity index (χ2v) is 25.5. The maximum Gasteiger partial charge on any atom is 0.135 e. The molecular weight excluding hydrogens is 1160 g/mol. The summed E-state index contributed by atoms with van der Waals surface area (Å²) >= 11 is 0. The number of fused-ring (bicyclic) bond motifs is 4. The largest absolute Gasteiger partial charge is 0.509 e. The number of hydrogen-bond acceptors (Lipinski definition) is 4. The molecule has 11 rings (SSSR count). The van der Waals surface area contributed by atoms with Crippen LogP contribution < -0.4 is 14.5 Å². The van der Waals surface area contributed by atoms with Crippen molar-refractivity contribution in [3.8, 4) is 28.4 Å². The van der Waals surface area contributed by atoms with E-state index < -0.39 is 0 Å². The van der Waals surface area contributed by atoms with Crippen LogP contribution >= 0.6 is 0 Å². The quantitative estimate of drug-likeness (QED) is 0.114. The number of hydrogen-bond donors (Lipinski definition) is 0. The molecule has 3 heterocycles. The van der Waals surface area contributed by atoms with Crippen molar-refractivity contribution in [3.05, 3.63) is 245 Å². The van der Waals surface area contributed by atoms with Gasteiger partial charge in [-0.15, -0.1) is 53.6 Å². The molecule has 410 valence electrons. The summed E-state index contributed by atoms with van der Waals surface area (Å²) in [5, 5.41) is 2.19. The summed E-state index contributed by atoms with van der Waals surface area (Å²) in [6.07, 6.45) is 1.95. The molecule has 0 radical (unpaired) electrons. The van der Waals surface area contributed by atoms with Crippen molar-refractivity contribution in [2.75, 3.05) is 9.80 Å². The fraction of sp³-hybridized carbons (Fsp3) is 0.270. The van der Waals surface area contributed by atoms with Gasteiger partial charge in [0.2, 0.25) is 0 Å². The minimum atomic E-state index is -0.284. The second kappa shape index (κ2) is 21.4. The molecule has 0 saturated carbocycles. The summed E-state index contributed by atoms with van der Waals surface area (Å²) in [5.41, 5.74) is 17.9. The summed E-state index contributed by atoms with van der Waals surface area (Å²) in [6, 6.07) is 72.0. The Hall–Kier alpha value is -7.20. The predicted octanol–water partition coefficient (Wildman–Crippen LogP) is 20.1. The van der Waals surface area contributed by atoms with E-state index in [2.05, 4.69) is 306 Å². The van der Waals surface area contributed by atoms with Crippen molar-refractivity contribution in [2.45, 2.75) is 130 Å². The summed E-state index contributed by atoms with van der Waals surface area (Å²) in [5.74, 6) is 2.58. The molecule has 0 saturated heterocycles. The number of ether oxygens (including phenoxy) is 1. The van der Waals surface area contributed by atoms with Gasteiger partial charge in [0.05, 0.1) is 0 Å². The van der Waals surface area contributed by atoms with Gasteiger partial charge in [-0.25, -0.2) is 4.98 Å². The molecule has 8 aromatic carbocycles. The van der Waals surface area contributed by atoms with Crippen molar-refractivity contribution in [3.63, 3.8) is 0 Å². The number of benzene rings is 8. The second-order valence-electron chi connectivity index (χ2n) is 25.5. The van der Waals surface area contributed by atoms with Crippen LogP contribution in [0.2, 0.25) is 0 Å². The Balaban J connectivity index is 0.00000720. The maximum atomic E-state index is 7.23. The topological polar surface area (TPSA) is 33.5 Å². The average Bonchev–Trinajstić information content (AvgIpc) is 3.99. The van der Waals surface area contributed by atoms with E-state index in [-0.39, 0.29) is 54.6 Å². The van der Waals surface area contributed by atoms with Gasteiger partial charge in [0.15, 0.2) is 0 Å². The Kier molecular flexibility index (Phi) is 15.0. The zero-order valence-corrected chi connectivity index (χ0v) is 51.3. The molecule has 5 nitrogen and oxygen atoms in total. The van der Waals surface area contributed by atoms with E-state index in [4.69, 9.17) is 9.72 Å². The first-order chi connectivity index (χ1) is 37.6. The monoisotopic (exact) mass is 1230 g/mol. The molecule has 0 fully saturated rings. The SMILES string of the molecule is CC(C)c1cccc(C(C)C)c1-c1cc(Oc2[c-]c3c(cc2)c2ccc(C(C)(C)c4ccccc4)cc2n3-c2cc(C(C)(C)c3ccccc3)ccn2)[c-]c(N2[CH-]N(c3cccc(C(C)(C)C)c3)c3cc(C(C)(C)C)ccc32)c1.[Pt]. The van der Waals surface area contributed by atoms with Crippen molar-refractivity contribution in [1.29, 1.82) is 0 Å². The Morgan fingerprint density at radius 3 is 1.68 bits per heavy atom. The fourth-order valence-corrected chi connectivity index (χ4v) is 11.6. The van der Waals surface area contributed by atoms with Crippen LogP contribution in [0.5, 0.6) is 11.5 Å². The van der Waals surface area contributed by atoms with Crippen molar-refractivity contribution in [1.82, 2.24) is 9.55 Å². The third-order valence-corrected chi connectivity index (χ3v) is 16.6. The Labute approximate surface area is 491 Å². The van der Waals surface area contributed by atoms with E-state index in [1.54, 1.807) is 0 Å². The summed E-state index contributed by atoms with van der Waals surface area (Å²) in [4.78, 5) is 9.81. The van der Waals surface area contributed by atoms with Gasteiger partial charge in [-0.2, -0.15) is 6.07 Å². The van der Waals surface area contributed by atoms with E-state index in [0.29, 0.717) is 11.5 Å². The Morgan fingerprint density at radius 2 is 1.05 bits per heavy atom. The van der Waals surface area contributed by atoms with E-state index >= 15 is 0 Å². The van der Waals surface area contributed by atoms with Gasteiger partial charge in [-0.1, -0.05) is 212 Å². The maximum absolute atomic E-state index is 7.23. The van der Waals surface area contributed by atoms with Gasteiger partial charge in [0.1, 0.15) is 5.82 Å². The molecule has 0 bridgehead atoms. The van der Waals surface area contributed by atoms with Gasteiger partial charge in [-0.3, -0.25) is 0 Å². The molecule has 6 heteroatoms. The smallest absolute Gasteiger partial charge is 0.135 e. The molecule has 0 spiro atoms. The first-order valence-electron chi connectivity index (χ1n) is 28.2. The molecule has 0 amide bonds. The van der Waals surface area contributed by atoms with Crippen LogP contribution in [0, 0.1) is 18.8 Å². The molecule has 0 unspecified atom stereocenters. The van der Waals surface area contributed by atoms with Crippen molar-refractivity contribution >= 4 is 44.6 Å². The zero-order chi connectivity index (χ0) is 55.8. The molecule has 10 aromatic rings. The minimum absolute atomic E-state index is 0. The summed E-state index contributed by atoms with van der Waals surface area (Å²) < 4.78 is 9.51.